The third kappa shape index (κ3) is 4.75. The van der Waals surface area contributed by atoms with E-state index in [1.54, 1.807) is 31.3 Å². The van der Waals surface area contributed by atoms with Crippen LogP contribution < -0.4 is 10.1 Å². The number of aromatic nitrogens is 2. The standard InChI is InChI=1S/C16H18F2N4O3/c1-21-10-12(9-20-21)15(24)22(16(17)18)8-7-19-14(23)11-3-5-13(25-2)6-4-11/h3-6,9-10,16H,7-8H2,1-2H3,(H,19,23). The van der Waals surface area contributed by atoms with Crippen LogP contribution in [0.25, 0.3) is 0 Å². The zero-order valence-electron chi connectivity index (χ0n) is 13.8. The Morgan fingerprint density at radius 1 is 1.28 bits per heavy atom. The van der Waals surface area contributed by atoms with E-state index in [9.17, 15) is 18.4 Å². The number of ether oxygens (including phenoxy) is 1. The Labute approximate surface area is 143 Å². The predicted molar refractivity (Wildman–Crippen MR) is 85.6 cm³/mol. The number of halogens is 2. The number of carbonyl (C=O) groups is 2. The number of hydrogen-bond acceptors (Lipinski definition) is 4. The molecule has 0 spiro atoms. The van der Waals surface area contributed by atoms with Crippen molar-refractivity contribution in [2.45, 2.75) is 6.55 Å². The summed E-state index contributed by atoms with van der Waals surface area (Å²) in [6.45, 7) is -3.42. The van der Waals surface area contributed by atoms with Crippen LogP contribution in [0.1, 0.15) is 20.7 Å². The second kappa shape index (κ2) is 8.22. The van der Waals surface area contributed by atoms with Gasteiger partial charge in [0.05, 0.1) is 18.9 Å². The maximum atomic E-state index is 13.1. The van der Waals surface area contributed by atoms with Crippen molar-refractivity contribution in [3.05, 3.63) is 47.8 Å². The second-order valence-electron chi connectivity index (χ2n) is 5.16. The van der Waals surface area contributed by atoms with Gasteiger partial charge in [-0.1, -0.05) is 0 Å². The highest BCUT2D eigenvalue weighted by Crippen LogP contribution is 2.12. The number of alkyl halides is 2. The van der Waals surface area contributed by atoms with Crippen LogP contribution in [-0.2, 0) is 7.05 Å². The van der Waals surface area contributed by atoms with Gasteiger partial charge in [0.1, 0.15) is 5.75 Å². The normalized spacial score (nSPS) is 10.6. The van der Waals surface area contributed by atoms with E-state index in [-0.39, 0.29) is 18.7 Å². The highest BCUT2D eigenvalue weighted by atomic mass is 19.3. The molecular formula is C16H18F2N4O3. The molecule has 1 aromatic carbocycles. The van der Waals surface area contributed by atoms with Gasteiger partial charge < -0.3 is 10.1 Å². The molecule has 1 heterocycles. The van der Waals surface area contributed by atoms with Gasteiger partial charge in [0.25, 0.3) is 11.8 Å². The van der Waals surface area contributed by atoms with Crippen molar-refractivity contribution in [1.82, 2.24) is 20.0 Å². The minimum atomic E-state index is -2.98. The lowest BCUT2D eigenvalue weighted by Gasteiger charge is -2.21. The van der Waals surface area contributed by atoms with E-state index in [1.807, 2.05) is 0 Å². The Hall–Kier alpha value is -2.97. The lowest BCUT2D eigenvalue weighted by atomic mass is 10.2. The van der Waals surface area contributed by atoms with Crippen LogP contribution in [0.5, 0.6) is 5.75 Å². The molecule has 0 atom stereocenters. The van der Waals surface area contributed by atoms with Gasteiger partial charge in [0.15, 0.2) is 0 Å². The summed E-state index contributed by atoms with van der Waals surface area (Å²) in [5.41, 5.74) is 0.423. The average molecular weight is 352 g/mol. The van der Waals surface area contributed by atoms with Gasteiger partial charge in [0, 0.05) is 31.9 Å². The molecule has 1 aromatic heterocycles. The molecule has 2 amide bonds. The SMILES string of the molecule is COc1ccc(C(=O)NCCN(C(=O)c2cnn(C)c2)C(F)F)cc1. The predicted octanol–water partition coefficient (Wildman–Crippen LogP) is 1.52. The molecule has 25 heavy (non-hydrogen) atoms. The van der Waals surface area contributed by atoms with Crippen molar-refractivity contribution in [3.8, 4) is 5.75 Å². The van der Waals surface area contributed by atoms with Crippen LogP contribution in [0.15, 0.2) is 36.7 Å². The molecule has 1 N–H and O–H groups in total. The zero-order valence-corrected chi connectivity index (χ0v) is 13.8. The Morgan fingerprint density at radius 3 is 2.48 bits per heavy atom. The monoisotopic (exact) mass is 352 g/mol. The summed E-state index contributed by atoms with van der Waals surface area (Å²) in [6, 6.07) is 6.35. The van der Waals surface area contributed by atoms with E-state index in [4.69, 9.17) is 4.74 Å². The molecule has 0 aliphatic rings. The number of methoxy groups -OCH3 is 1. The van der Waals surface area contributed by atoms with Crippen molar-refractivity contribution in [3.63, 3.8) is 0 Å². The molecule has 0 fully saturated rings. The summed E-state index contributed by atoms with van der Waals surface area (Å²) in [5.74, 6) is -0.671. The minimum Gasteiger partial charge on any atom is -0.497 e. The summed E-state index contributed by atoms with van der Waals surface area (Å²) in [6.07, 6.45) is 2.57. The van der Waals surface area contributed by atoms with E-state index in [2.05, 4.69) is 10.4 Å². The summed E-state index contributed by atoms with van der Waals surface area (Å²) >= 11 is 0. The van der Waals surface area contributed by atoms with Crippen molar-refractivity contribution >= 4 is 11.8 Å². The number of aryl methyl sites for hydroxylation is 1. The number of nitrogens with one attached hydrogen (secondary N) is 1. The van der Waals surface area contributed by atoms with E-state index < -0.39 is 18.4 Å². The molecule has 0 radical (unpaired) electrons. The number of hydrogen-bond donors (Lipinski definition) is 1. The van der Waals surface area contributed by atoms with Gasteiger partial charge in [-0.25, -0.2) is 0 Å². The fraction of sp³-hybridized carbons (Fsp3) is 0.312. The van der Waals surface area contributed by atoms with Crippen LogP contribution >= 0.6 is 0 Å². The van der Waals surface area contributed by atoms with Gasteiger partial charge in [-0.3, -0.25) is 19.2 Å². The summed E-state index contributed by atoms with van der Waals surface area (Å²) in [7, 11) is 3.09. The number of nitrogens with zero attached hydrogens (tertiary/aromatic N) is 3. The van der Waals surface area contributed by atoms with Crippen LogP contribution in [0, 0.1) is 0 Å². The van der Waals surface area contributed by atoms with Crippen LogP contribution in [0.2, 0.25) is 0 Å². The Morgan fingerprint density at radius 2 is 1.96 bits per heavy atom. The number of benzene rings is 1. The van der Waals surface area contributed by atoms with E-state index in [0.29, 0.717) is 16.2 Å². The molecule has 134 valence electrons. The van der Waals surface area contributed by atoms with Gasteiger partial charge in [0.2, 0.25) is 0 Å². The third-order valence-corrected chi connectivity index (χ3v) is 3.44. The molecule has 9 heteroatoms. The fourth-order valence-corrected chi connectivity index (χ4v) is 2.12. The molecular weight excluding hydrogens is 334 g/mol. The lowest BCUT2D eigenvalue weighted by Crippen LogP contribution is -2.41. The van der Waals surface area contributed by atoms with Crippen LogP contribution in [0.3, 0.4) is 0 Å². The first-order valence-electron chi connectivity index (χ1n) is 7.42. The number of carbonyl (C=O) groups excluding carboxylic acids is 2. The van der Waals surface area contributed by atoms with Crippen molar-refractivity contribution in [2.24, 2.45) is 7.05 Å². The lowest BCUT2D eigenvalue weighted by molar-refractivity contribution is -0.0137. The summed E-state index contributed by atoms with van der Waals surface area (Å²) in [4.78, 5) is 24.4. The number of amides is 2. The van der Waals surface area contributed by atoms with Crippen LogP contribution in [-0.4, -0.2) is 53.2 Å². The average Bonchev–Trinajstić information content (AvgIpc) is 3.04. The Kier molecular flexibility index (Phi) is 6.04. The first kappa shape index (κ1) is 18.4. The van der Waals surface area contributed by atoms with E-state index in [0.717, 1.165) is 0 Å². The minimum absolute atomic E-state index is 0.0595. The van der Waals surface area contributed by atoms with E-state index >= 15 is 0 Å². The van der Waals surface area contributed by atoms with E-state index in [1.165, 1.54) is 24.2 Å². The Balaban J connectivity index is 1.92. The van der Waals surface area contributed by atoms with Crippen LogP contribution in [0.4, 0.5) is 8.78 Å². The first-order valence-corrected chi connectivity index (χ1v) is 7.42. The zero-order chi connectivity index (χ0) is 18.4. The summed E-state index contributed by atoms with van der Waals surface area (Å²) < 4.78 is 32.6. The first-order chi connectivity index (χ1) is 11.9. The molecule has 0 saturated heterocycles. The molecule has 0 bridgehead atoms. The highest BCUT2D eigenvalue weighted by molar-refractivity contribution is 5.95. The van der Waals surface area contributed by atoms with Gasteiger partial charge in [-0.15, -0.1) is 0 Å². The molecule has 0 aliphatic carbocycles. The van der Waals surface area contributed by atoms with Gasteiger partial charge >= 0.3 is 6.55 Å². The van der Waals surface area contributed by atoms with Crippen molar-refractivity contribution < 1.29 is 23.1 Å². The molecule has 0 unspecified atom stereocenters. The smallest absolute Gasteiger partial charge is 0.317 e. The van der Waals surface area contributed by atoms with Gasteiger partial charge in [-0.05, 0) is 24.3 Å². The number of rotatable bonds is 7. The second-order valence-corrected chi connectivity index (χ2v) is 5.16. The molecule has 2 rings (SSSR count). The molecule has 2 aromatic rings. The summed E-state index contributed by atoms with van der Waals surface area (Å²) in [5, 5.41) is 6.29. The van der Waals surface area contributed by atoms with Crippen molar-refractivity contribution in [1.29, 1.82) is 0 Å². The highest BCUT2D eigenvalue weighted by Gasteiger charge is 2.24. The topological polar surface area (TPSA) is 76.5 Å². The molecule has 0 aliphatic heterocycles. The third-order valence-electron chi connectivity index (χ3n) is 3.44. The maximum absolute atomic E-state index is 13.1. The quantitative estimate of drug-likeness (QED) is 0.767. The molecule has 7 nitrogen and oxygen atoms in total. The largest absolute Gasteiger partial charge is 0.497 e. The van der Waals surface area contributed by atoms with Crippen molar-refractivity contribution in [2.75, 3.05) is 20.2 Å². The Bertz CT molecular complexity index is 731. The maximum Gasteiger partial charge on any atom is 0.317 e. The van der Waals surface area contributed by atoms with Gasteiger partial charge in [-0.2, -0.15) is 13.9 Å². The molecule has 0 saturated carbocycles. The fourth-order valence-electron chi connectivity index (χ4n) is 2.12.